The smallest absolute Gasteiger partial charge is 0.126 e. The largest absolute Gasteiger partial charge is 0.492 e. The van der Waals surface area contributed by atoms with Crippen LogP contribution in [0.15, 0.2) is 54.6 Å². The monoisotopic (exact) mass is 528 g/mol. The standard InChI is InChI=1S/C34H40O5/c1-22-16-30(39-34(3,4)27-8-10-28(36)11-9-27)17-23(2)33(22)25-7-5-6-24(18-25)20-37-29-12-13-31-26(14-15-35)21-38-32(31)19-29/h5-7,12-13,15-19,26-28,36H,8-11,14,20-21H2,1-4H3. The van der Waals surface area contributed by atoms with Gasteiger partial charge in [0, 0.05) is 24.0 Å². The quantitative estimate of drug-likeness (QED) is 0.295. The Hall–Kier alpha value is -3.31. The van der Waals surface area contributed by atoms with Crippen molar-refractivity contribution in [2.45, 2.75) is 84.0 Å². The van der Waals surface area contributed by atoms with Crippen molar-refractivity contribution >= 4 is 6.29 Å². The highest BCUT2D eigenvalue weighted by Gasteiger charge is 2.34. The lowest BCUT2D eigenvalue weighted by Gasteiger charge is -2.38. The average Bonchev–Trinajstić information content (AvgIpc) is 3.29. The first-order chi connectivity index (χ1) is 18.7. The summed E-state index contributed by atoms with van der Waals surface area (Å²) in [7, 11) is 0. The highest BCUT2D eigenvalue weighted by atomic mass is 16.5. The molecule has 2 aliphatic rings. The molecular weight excluding hydrogens is 488 g/mol. The molecule has 1 saturated carbocycles. The van der Waals surface area contributed by atoms with Gasteiger partial charge in [0.2, 0.25) is 0 Å². The summed E-state index contributed by atoms with van der Waals surface area (Å²) in [5.41, 5.74) is 6.62. The highest BCUT2D eigenvalue weighted by molar-refractivity contribution is 5.72. The van der Waals surface area contributed by atoms with E-state index in [4.69, 9.17) is 14.2 Å². The van der Waals surface area contributed by atoms with Gasteiger partial charge in [0.25, 0.3) is 0 Å². The first kappa shape index (κ1) is 27.3. The Balaban J connectivity index is 1.28. The minimum absolute atomic E-state index is 0.138. The van der Waals surface area contributed by atoms with Crippen molar-refractivity contribution in [3.05, 3.63) is 76.9 Å². The Morgan fingerprint density at radius 3 is 2.44 bits per heavy atom. The molecule has 0 aromatic heterocycles. The molecule has 1 N–H and O–H groups in total. The zero-order chi connectivity index (χ0) is 27.6. The van der Waals surface area contributed by atoms with E-state index in [9.17, 15) is 9.90 Å². The second-order valence-corrected chi connectivity index (χ2v) is 11.7. The van der Waals surface area contributed by atoms with Crippen LogP contribution in [0.5, 0.6) is 17.2 Å². The lowest BCUT2D eigenvalue weighted by Crippen LogP contribution is -2.40. The molecule has 0 bridgehead atoms. The van der Waals surface area contributed by atoms with E-state index in [2.05, 4.69) is 64.1 Å². The number of rotatable bonds is 9. The molecule has 5 heteroatoms. The predicted octanol–water partition coefficient (Wildman–Crippen LogP) is 7.32. The van der Waals surface area contributed by atoms with Crippen LogP contribution < -0.4 is 14.2 Å². The fourth-order valence-electron chi connectivity index (χ4n) is 6.24. The van der Waals surface area contributed by atoms with Gasteiger partial charge in [-0.25, -0.2) is 0 Å². The number of aliphatic hydroxyl groups is 1. The average molecular weight is 529 g/mol. The number of hydrogen-bond acceptors (Lipinski definition) is 5. The Bertz CT molecular complexity index is 1300. The molecule has 5 nitrogen and oxygen atoms in total. The highest BCUT2D eigenvalue weighted by Crippen LogP contribution is 2.39. The van der Waals surface area contributed by atoms with Crippen molar-refractivity contribution < 1.29 is 24.1 Å². The van der Waals surface area contributed by atoms with Gasteiger partial charge in [0.05, 0.1) is 12.7 Å². The van der Waals surface area contributed by atoms with E-state index >= 15 is 0 Å². The van der Waals surface area contributed by atoms with Crippen LogP contribution >= 0.6 is 0 Å². The lowest BCUT2D eigenvalue weighted by atomic mass is 9.77. The maximum atomic E-state index is 10.9. The number of aryl methyl sites for hydroxylation is 2. The Morgan fingerprint density at radius 2 is 1.72 bits per heavy atom. The molecule has 206 valence electrons. The van der Waals surface area contributed by atoms with E-state index in [0.717, 1.165) is 65.9 Å². The zero-order valence-corrected chi connectivity index (χ0v) is 23.5. The minimum Gasteiger partial charge on any atom is -0.492 e. The normalized spacial score (nSPS) is 20.7. The molecule has 3 aromatic rings. The van der Waals surface area contributed by atoms with Gasteiger partial charge < -0.3 is 24.1 Å². The maximum absolute atomic E-state index is 10.9. The number of aldehydes is 1. The molecule has 1 atom stereocenters. The van der Waals surface area contributed by atoms with Gasteiger partial charge in [-0.15, -0.1) is 0 Å². The fourth-order valence-corrected chi connectivity index (χ4v) is 6.24. The molecule has 1 aliphatic heterocycles. The van der Waals surface area contributed by atoms with Crippen LogP contribution in [0.4, 0.5) is 0 Å². The van der Waals surface area contributed by atoms with Crippen molar-refractivity contribution in [1.29, 1.82) is 0 Å². The van der Waals surface area contributed by atoms with E-state index in [0.29, 0.717) is 25.6 Å². The van der Waals surface area contributed by atoms with Crippen LogP contribution in [0.2, 0.25) is 0 Å². The third-order valence-electron chi connectivity index (χ3n) is 8.43. The van der Waals surface area contributed by atoms with E-state index in [1.807, 2.05) is 18.2 Å². The van der Waals surface area contributed by atoms with E-state index in [1.165, 1.54) is 16.7 Å². The summed E-state index contributed by atoms with van der Waals surface area (Å²) >= 11 is 0. The fraction of sp³-hybridized carbons (Fsp3) is 0.441. The number of ether oxygens (including phenoxy) is 3. The molecular formula is C34H40O5. The Morgan fingerprint density at radius 1 is 0.974 bits per heavy atom. The van der Waals surface area contributed by atoms with Crippen LogP contribution in [0.1, 0.15) is 74.1 Å². The maximum Gasteiger partial charge on any atom is 0.126 e. The summed E-state index contributed by atoms with van der Waals surface area (Å²) in [5.74, 6) is 3.05. The number of carbonyl (C=O) groups excluding carboxylic acids is 1. The third kappa shape index (κ3) is 6.14. The van der Waals surface area contributed by atoms with Gasteiger partial charge in [0.15, 0.2) is 0 Å². The van der Waals surface area contributed by atoms with E-state index in [-0.39, 0.29) is 17.6 Å². The van der Waals surface area contributed by atoms with Gasteiger partial charge in [-0.1, -0.05) is 24.3 Å². The molecule has 0 amide bonds. The summed E-state index contributed by atoms with van der Waals surface area (Å²) in [6, 6.07) is 18.7. The van der Waals surface area contributed by atoms with Gasteiger partial charge in [-0.3, -0.25) is 0 Å². The third-order valence-corrected chi connectivity index (χ3v) is 8.43. The van der Waals surface area contributed by atoms with Crippen LogP contribution in [-0.4, -0.2) is 29.7 Å². The number of hydrogen-bond donors (Lipinski definition) is 1. The summed E-state index contributed by atoms with van der Waals surface area (Å²) < 4.78 is 18.5. The zero-order valence-electron chi connectivity index (χ0n) is 23.5. The van der Waals surface area contributed by atoms with Crippen LogP contribution in [0.25, 0.3) is 11.1 Å². The SMILES string of the molecule is Cc1cc(OC(C)(C)C2CCC(O)CC2)cc(C)c1-c1cccc(COc2ccc3c(c2)OCC3CC=O)c1. The van der Waals surface area contributed by atoms with Crippen molar-refractivity contribution in [2.75, 3.05) is 6.61 Å². The first-order valence-electron chi connectivity index (χ1n) is 14.1. The van der Waals surface area contributed by atoms with Crippen molar-refractivity contribution in [2.24, 2.45) is 5.92 Å². The van der Waals surface area contributed by atoms with E-state index in [1.54, 1.807) is 0 Å². The minimum atomic E-state index is -0.282. The predicted molar refractivity (Wildman–Crippen MR) is 154 cm³/mol. The number of aliphatic hydroxyl groups excluding tert-OH is 1. The molecule has 0 spiro atoms. The first-order valence-corrected chi connectivity index (χ1v) is 14.1. The van der Waals surface area contributed by atoms with Crippen LogP contribution in [0, 0.1) is 19.8 Å². The molecule has 1 aliphatic carbocycles. The van der Waals surface area contributed by atoms with Gasteiger partial charge >= 0.3 is 0 Å². The molecule has 0 saturated heterocycles. The summed E-state index contributed by atoms with van der Waals surface area (Å²) in [6.07, 6.45) is 4.99. The Labute approximate surface area is 232 Å². The molecule has 3 aromatic carbocycles. The van der Waals surface area contributed by atoms with Crippen LogP contribution in [0.3, 0.4) is 0 Å². The van der Waals surface area contributed by atoms with Crippen molar-refractivity contribution in [3.63, 3.8) is 0 Å². The molecule has 1 unspecified atom stereocenters. The summed E-state index contributed by atoms with van der Waals surface area (Å²) in [6.45, 7) is 9.63. The van der Waals surface area contributed by atoms with Gasteiger partial charge in [-0.2, -0.15) is 0 Å². The number of benzene rings is 3. The summed E-state index contributed by atoms with van der Waals surface area (Å²) in [5, 5.41) is 9.90. The second kappa shape index (κ2) is 11.4. The van der Waals surface area contributed by atoms with Gasteiger partial charge in [0.1, 0.15) is 35.7 Å². The van der Waals surface area contributed by atoms with Crippen molar-refractivity contribution in [1.82, 2.24) is 0 Å². The number of carbonyl (C=O) groups is 1. The van der Waals surface area contributed by atoms with E-state index < -0.39 is 0 Å². The second-order valence-electron chi connectivity index (χ2n) is 11.7. The molecule has 1 heterocycles. The van der Waals surface area contributed by atoms with Gasteiger partial charge in [-0.05, 0) is 111 Å². The molecule has 0 radical (unpaired) electrons. The molecule has 5 rings (SSSR count). The van der Waals surface area contributed by atoms with Crippen LogP contribution in [-0.2, 0) is 11.4 Å². The summed E-state index contributed by atoms with van der Waals surface area (Å²) in [4.78, 5) is 10.9. The number of fused-ring (bicyclic) bond motifs is 1. The Kier molecular flexibility index (Phi) is 7.99. The lowest BCUT2D eigenvalue weighted by molar-refractivity contribution is -0.108. The topological polar surface area (TPSA) is 65.0 Å². The van der Waals surface area contributed by atoms with Crippen molar-refractivity contribution in [3.8, 4) is 28.4 Å². The molecule has 39 heavy (non-hydrogen) atoms. The molecule has 1 fully saturated rings.